The molecular formula is C33H40N2O3S. The summed E-state index contributed by atoms with van der Waals surface area (Å²) in [5, 5.41) is 0. The second-order valence-electron chi connectivity index (χ2n) is 10.1. The van der Waals surface area contributed by atoms with Crippen LogP contribution in [0.1, 0.15) is 59.6 Å². The van der Waals surface area contributed by atoms with Crippen molar-refractivity contribution in [1.29, 1.82) is 0 Å². The molecule has 2 heterocycles. The van der Waals surface area contributed by atoms with E-state index in [1.54, 1.807) is 18.3 Å². The van der Waals surface area contributed by atoms with E-state index in [0.29, 0.717) is 22.8 Å². The zero-order valence-electron chi connectivity index (χ0n) is 23.7. The third-order valence-electron chi connectivity index (χ3n) is 7.11. The summed E-state index contributed by atoms with van der Waals surface area (Å²) in [5.74, 6) is 0. The minimum atomic E-state index is -3.82. The van der Waals surface area contributed by atoms with Gasteiger partial charge in [0.15, 0.2) is 0 Å². The molecule has 1 aliphatic rings. The van der Waals surface area contributed by atoms with Crippen LogP contribution in [0.5, 0.6) is 0 Å². The number of nitrogens with zero attached hydrogens (tertiary/aromatic N) is 2. The summed E-state index contributed by atoms with van der Waals surface area (Å²) in [4.78, 5) is 6.93. The van der Waals surface area contributed by atoms with Crippen LogP contribution in [0.25, 0.3) is 11.1 Å². The Bertz CT molecular complexity index is 1510. The number of aromatic nitrogens is 1. The summed E-state index contributed by atoms with van der Waals surface area (Å²) in [7, 11) is -3.82. The zero-order valence-corrected chi connectivity index (χ0v) is 24.5. The van der Waals surface area contributed by atoms with Crippen molar-refractivity contribution >= 4 is 9.84 Å². The highest BCUT2D eigenvalue weighted by Gasteiger charge is 2.35. The van der Waals surface area contributed by atoms with Gasteiger partial charge >= 0.3 is 0 Å². The fraction of sp³-hybridized carbons (Fsp3) is 0.303. The number of sulfone groups is 1. The average Bonchev–Trinajstić information content (AvgIpc) is 2.93. The van der Waals surface area contributed by atoms with Crippen molar-refractivity contribution in [2.45, 2.75) is 65.0 Å². The Hall–Kier alpha value is -3.48. The molecule has 206 valence electrons. The molecule has 0 aliphatic carbocycles. The molecule has 5 nitrogen and oxygen atoms in total. The topological polar surface area (TPSA) is 59.5 Å². The predicted molar refractivity (Wildman–Crippen MR) is 161 cm³/mol. The van der Waals surface area contributed by atoms with Crippen molar-refractivity contribution in [3.8, 4) is 11.1 Å². The predicted octanol–water partition coefficient (Wildman–Crippen LogP) is 8.03. The van der Waals surface area contributed by atoms with Crippen molar-refractivity contribution in [2.24, 2.45) is 0 Å². The third-order valence-corrected chi connectivity index (χ3v) is 9.07. The quantitative estimate of drug-likeness (QED) is 0.273. The first-order valence-electron chi connectivity index (χ1n) is 13.5. The van der Waals surface area contributed by atoms with E-state index in [9.17, 15) is 8.42 Å². The smallest absolute Gasteiger partial charge is 0.208 e. The molecule has 0 saturated carbocycles. The number of aryl methyl sites for hydroxylation is 1. The Morgan fingerprint density at radius 3 is 2.31 bits per heavy atom. The van der Waals surface area contributed by atoms with E-state index in [0.717, 1.165) is 34.4 Å². The van der Waals surface area contributed by atoms with Crippen LogP contribution < -0.4 is 0 Å². The maximum atomic E-state index is 14.3. The van der Waals surface area contributed by atoms with E-state index in [4.69, 9.17) is 4.74 Å². The molecule has 1 aromatic heterocycles. The number of rotatable bonds is 9. The van der Waals surface area contributed by atoms with Gasteiger partial charge in [-0.1, -0.05) is 55.5 Å². The van der Waals surface area contributed by atoms with Crippen molar-refractivity contribution in [3.63, 3.8) is 0 Å². The van der Waals surface area contributed by atoms with Crippen LogP contribution in [0.15, 0.2) is 112 Å². The summed E-state index contributed by atoms with van der Waals surface area (Å²) >= 11 is 0. The molecule has 39 heavy (non-hydrogen) atoms. The largest absolute Gasteiger partial charge is 0.373 e. The molecule has 0 bridgehead atoms. The van der Waals surface area contributed by atoms with Gasteiger partial charge in [-0.05, 0) is 93.1 Å². The van der Waals surface area contributed by atoms with Crippen LogP contribution >= 0.6 is 0 Å². The standard InChI is InChI=1S/C33H38N2O3S.H2/c1-7-26-20-29(22-38-23(3)4)35(32(8-2)28-12-10-9-11-13-28)25(6)33(26)39(36,37)30-16-14-27(15-17-30)31-18-19-34-21-24(31)5;/h7,9-21,23,32H,8,22H2,1-6H3;1H/b26-7-;/t32-;/m0./s1. The van der Waals surface area contributed by atoms with Gasteiger partial charge in [-0.3, -0.25) is 4.98 Å². The first kappa shape index (κ1) is 28.5. The van der Waals surface area contributed by atoms with E-state index in [-0.39, 0.29) is 18.5 Å². The van der Waals surface area contributed by atoms with E-state index < -0.39 is 9.84 Å². The van der Waals surface area contributed by atoms with Crippen LogP contribution in [-0.2, 0) is 14.6 Å². The number of hydrogen-bond donors (Lipinski definition) is 0. The van der Waals surface area contributed by atoms with Gasteiger partial charge in [-0.25, -0.2) is 8.42 Å². The number of ether oxygens (including phenoxy) is 1. The molecule has 1 aliphatic heterocycles. The summed E-state index contributed by atoms with van der Waals surface area (Å²) in [6.07, 6.45) is 8.27. The Morgan fingerprint density at radius 2 is 1.72 bits per heavy atom. The highest BCUT2D eigenvalue weighted by molar-refractivity contribution is 7.95. The average molecular weight is 545 g/mol. The lowest BCUT2D eigenvalue weighted by molar-refractivity contribution is 0.0798. The van der Waals surface area contributed by atoms with Gasteiger partial charge in [0.2, 0.25) is 9.84 Å². The molecule has 0 fully saturated rings. The lowest BCUT2D eigenvalue weighted by Gasteiger charge is -2.40. The molecule has 6 heteroatoms. The highest BCUT2D eigenvalue weighted by Crippen LogP contribution is 2.42. The molecule has 1 atom stereocenters. The lowest BCUT2D eigenvalue weighted by Crippen LogP contribution is -2.33. The van der Waals surface area contributed by atoms with E-state index >= 15 is 0 Å². The second kappa shape index (κ2) is 12.1. The van der Waals surface area contributed by atoms with Crippen molar-refractivity contribution in [1.82, 2.24) is 9.88 Å². The molecule has 3 aromatic rings. The van der Waals surface area contributed by atoms with Crippen LogP contribution in [0.2, 0.25) is 0 Å². The van der Waals surface area contributed by atoms with Crippen molar-refractivity contribution in [3.05, 3.63) is 118 Å². The molecule has 2 aromatic carbocycles. The number of pyridine rings is 1. The fourth-order valence-electron chi connectivity index (χ4n) is 5.18. The summed E-state index contributed by atoms with van der Waals surface area (Å²) in [6, 6.07) is 19.3. The number of benzene rings is 2. The van der Waals surface area contributed by atoms with Crippen LogP contribution in [-0.4, -0.2) is 31.0 Å². The Kier molecular flexibility index (Phi) is 8.88. The highest BCUT2D eigenvalue weighted by atomic mass is 32.2. The summed E-state index contributed by atoms with van der Waals surface area (Å²) in [6.45, 7) is 12.3. The monoisotopic (exact) mass is 544 g/mol. The normalized spacial score (nSPS) is 16.1. The van der Waals surface area contributed by atoms with Gasteiger partial charge in [0, 0.05) is 25.2 Å². The summed E-state index contributed by atoms with van der Waals surface area (Å²) < 4.78 is 34.5. The molecule has 4 rings (SSSR count). The van der Waals surface area contributed by atoms with Gasteiger partial charge in [0.1, 0.15) is 0 Å². The van der Waals surface area contributed by atoms with E-state index in [1.807, 2.05) is 89.4 Å². The van der Waals surface area contributed by atoms with Crippen molar-refractivity contribution in [2.75, 3.05) is 6.61 Å². The van der Waals surface area contributed by atoms with E-state index in [2.05, 4.69) is 28.9 Å². The minimum absolute atomic E-state index is 0. The number of hydrogen-bond acceptors (Lipinski definition) is 5. The molecule has 0 unspecified atom stereocenters. The first-order chi connectivity index (χ1) is 18.7. The van der Waals surface area contributed by atoms with Crippen LogP contribution in [0.4, 0.5) is 0 Å². The first-order valence-corrected chi connectivity index (χ1v) is 15.0. The number of allylic oxidation sites excluding steroid dienone is 4. The zero-order chi connectivity index (χ0) is 28.2. The van der Waals surface area contributed by atoms with Gasteiger partial charge in [-0.15, -0.1) is 0 Å². The fourth-order valence-corrected chi connectivity index (χ4v) is 6.89. The SMILES string of the molecule is C/C=C1/C=C(COC(C)C)N([C@@H](CC)c2ccccc2)C(C)=C1S(=O)(=O)c1ccc(-c2ccncc2C)cc1.[HH]. The van der Waals surface area contributed by atoms with Gasteiger partial charge in [0.05, 0.1) is 28.6 Å². The van der Waals surface area contributed by atoms with Crippen LogP contribution in [0.3, 0.4) is 0 Å². The minimum Gasteiger partial charge on any atom is -0.373 e. The molecular weight excluding hydrogens is 504 g/mol. The lowest BCUT2D eigenvalue weighted by atomic mass is 9.98. The molecule has 0 saturated heterocycles. The molecule has 0 N–H and O–H groups in total. The van der Waals surface area contributed by atoms with Gasteiger partial charge < -0.3 is 9.64 Å². The maximum absolute atomic E-state index is 14.3. The third kappa shape index (κ3) is 5.92. The Labute approximate surface area is 235 Å². The summed E-state index contributed by atoms with van der Waals surface area (Å²) in [5.41, 5.74) is 6.51. The van der Waals surface area contributed by atoms with Crippen LogP contribution in [0, 0.1) is 6.92 Å². The molecule has 0 spiro atoms. The maximum Gasteiger partial charge on any atom is 0.208 e. The second-order valence-corrected chi connectivity index (χ2v) is 12.0. The Balaban J connectivity index is 0.00000441. The Morgan fingerprint density at radius 1 is 1.03 bits per heavy atom. The van der Waals surface area contributed by atoms with E-state index in [1.165, 1.54) is 0 Å². The molecule has 0 amide bonds. The molecule has 0 radical (unpaired) electrons. The van der Waals surface area contributed by atoms with Gasteiger partial charge in [-0.2, -0.15) is 0 Å². The van der Waals surface area contributed by atoms with Crippen molar-refractivity contribution < 1.29 is 14.6 Å². The van der Waals surface area contributed by atoms with Gasteiger partial charge in [0.25, 0.3) is 0 Å².